The van der Waals surface area contributed by atoms with Crippen LogP contribution in [0.5, 0.6) is 0 Å². The number of anilines is 1. The normalized spacial score (nSPS) is 10.6. The minimum Gasteiger partial charge on any atom is -0.381 e. The molecule has 3 nitrogen and oxygen atoms in total. The molecule has 0 aliphatic heterocycles. The van der Waals surface area contributed by atoms with E-state index >= 15 is 0 Å². The summed E-state index contributed by atoms with van der Waals surface area (Å²) in [6.45, 7) is 2.91. The second-order valence-corrected chi connectivity index (χ2v) is 5.84. The summed E-state index contributed by atoms with van der Waals surface area (Å²) in [5.74, 6) is 0. The fraction of sp³-hybridized carbons (Fsp3) is 0.118. The van der Waals surface area contributed by atoms with Crippen LogP contribution in [0, 0.1) is 6.92 Å². The Labute approximate surface area is 132 Å². The predicted octanol–water partition coefficient (Wildman–Crippen LogP) is 4.76. The molecule has 0 amide bonds. The number of rotatable bonds is 4. The first-order chi connectivity index (χ1) is 10.2. The van der Waals surface area contributed by atoms with Gasteiger partial charge in [0.15, 0.2) is 0 Å². The topological polar surface area (TPSA) is 40.7 Å². The van der Waals surface area contributed by atoms with Crippen LogP contribution < -0.4 is 5.32 Å². The monoisotopic (exact) mass is 341 g/mol. The molecule has 0 saturated carbocycles. The zero-order valence-corrected chi connectivity index (χ0v) is 13.3. The van der Waals surface area contributed by atoms with Gasteiger partial charge in [-0.2, -0.15) is 5.10 Å². The largest absolute Gasteiger partial charge is 0.381 e. The molecule has 1 heterocycles. The molecule has 4 heteroatoms. The van der Waals surface area contributed by atoms with E-state index in [9.17, 15) is 0 Å². The van der Waals surface area contributed by atoms with Crippen molar-refractivity contribution in [1.29, 1.82) is 0 Å². The summed E-state index contributed by atoms with van der Waals surface area (Å²) < 4.78 is 1.15. The molecule has 1 aromatic heterocycles. The Morgan fingerprint density at radius 1 is 1.14 bits per heavy atom. The summed E-state index contributed by atoms with van der Waals surface area (Å²) in [4.78, 5) is 0. The van der Waals surface area contributed by atoms with Crippen LogP contribution in [0.25, 0.3) is 11.3 Å². The number of aryl methyl sites for hydroxylation is 1. The van der Waals surface area contributed by atoms with Gasteiger partial charge >= 0.3 is 0 Å². The van der Waals surface area contributed by atoms with Gasteiger partial charge in [-0.3, -0.25) is 5.10 Å². The van der Waals surface area contributed by atoms with Gasteiger partial charge in [-0.05, 0) is 42.3 Å². The van der Waals surface area contributed by atoms with Gasteiger partial charge < -0.3 is 5.32 Å². The molecule has 0 spiro atoms. The van der Waals surface area contributed by atoms with Crippen LogP contribution in [0.4, 0.5) is 5.69 Å². The molecule has 2 aromatic carbocycles. The fourth-order valence-electron chi connectivity index (χ4n) is 2.23. The molecule has 0 aliphatic carbocycles. The minimum atomic E-state index is 0.806. The summed E-state index contributed by atoms with van der Waals surface area (Å²) in [6.07, 6.45) is 1.76. The van der Waals surface area contributed by atoms with Crippen LogP contribution in [0.15, 0.2) is 59.2 Å². The number of hydrogen-bond donors (Lipinski definition) is 2. The third kappa shape index (κ3) is 3.34. The standard InChI is InChI=1S/C17H16BrN3/c1-12-9-13(5-6-16(12)18)11-19-15-4-2-3-14(10-15)17-7-8-20-21-17/h2-10,19H,11H2,1H3,(H,20,21). The number of aromatic nitrogens is 2. The number of nitrogens with one attached hydrogen (secondary N) is 2. The molecular weight excluding hydrogens is 326 g/mol. The molecule has 0 saturated heterocycles. The number of benzene rings is 2. The number of aromatic amines is 1. The number of H-pyrrole nitrogens is 1. The van der Waals surface area contributed by atoms with Gasteiger partial charge in [-0.25, -0.2) is 0 Å². The zero-order valence-electron chi connectivity index (χ0n) is 11.7. The van der Waals surface area contributed by atoms with E-state index in [1.807, 2.05) is 12.1 Å². The van der Waals surface area contributed by atoms with Crippen LogP contribution in [-0.2, 0) is 6.54 Å². The van der Waals surface area contributed by atoms with Gasteiger partial charge in [0, 0.05) is 28.5 Å². The van der Waals surface area contributed by atoms with E-state index in [0.717, 1.165) is 28.0 Å². The van der Waals surface area contributed by atoms with Crippen molar-refractivity contribution in [2.75, 3.05) is 5.32 Å². The molecular formula is C17H16BrN3. The maximum atomic E-state index is 3.99. The van der Waals surface area contributed by atoms with Gasteiger partial charge in [0.2, 0.25) is 0 Å². The van der Waals surface area contributed by atoms with Gasteiger partial charge in [-0.15, -0.1) is 0 Å². The van der Waals surface area contributed by atoms with Crippen LogP contribution >= 0.6 is 15.9 Å². The molecule has 106 valence electrons. The van der Waals surface area contributed by atoms with Crippen molar-refractivity contribution < 1.29 is 0 Å². The highest BCUT2D eigenvalue weighted by Crippen LogP contribution is 2.21. The van der Waals surface area contributed by atoms with Crippen LogP contribution in [0.2, 0.25) is 0 Å². The summed E-state index contributed by atoms with van der Waals surface area (Å²) in [7, 11) is 0. The highest BCUT2D eigenvalue weighted by Gasteiger charge is 2.01. The van der Waals surface area contributed by atoms with E-state index < -0.39 is 0 Å². The summed E-state index contributed by atoms with van der Waals surface area (Å²) >= 11 is 3.53. The average molecular weight is 342 g/mol. The molecule has 2 N–H and O–H groups in total. The van der Waals surface area contributed by atoms with E-state index in [-0.39, 0.29) is 0 Å². The summed E-state index contributed by atoms with van der Waals surface area (Å²) in [5.41, 5.74) is 5.77. The lowest BCUT2D eigenvalue weighted by Crippen LogP contribution is -1.99. The van der Waals surface area contributed by atoms with Gasteiger partial charge in [0.05, 0.1) is 5.69 Å². The number of hydrogen-bond acceptors (Lipinski definition) is 2. The molecule has 0 fully saturated rings. The molecule has 0 atom stereocenters. The lowest BCUT2D eigenvalue weighted by molar-refractivity contribution is 1.09. The molecule has 0 radical (unpaired) electrons. The second kappa shape index (κ2) is 6.14. The Morgan fingerprint density at radius 3 is 2.81 bits per heavy atom. The van der Waals surface area contributed by atoms with E-state index in [4.69, 9.17) is 0 Å². The summed E-state index contributed by atoms with van der Waals surface area (Å²) in [6, 6.07) is 16.7. The van der Waals surface area contributed by atoms with Crippen LogP contribution in [0.3, 0.4) is 0 Å². The van der Waals surface area contributed by atoms with Crippen molar-refractivity contribution >= 4 is 21.6 Å². The first-order valence-electron chi connectivity index (χ1n) is 6.81. The van der Waals surface area contributed by atoms with Crippen LogP contribution in [-0.4, -0.2) is 10.2 Å². The minimum absolute atomic E-state index is 0.806. The highest BCUT2D eigenvalue weighted by molar-refractivity contribution is 9.10. The van der Waals surface area contributed by atoms with E-state index in [0.29, 0.717) is 0 Å². The fourth-order valence-corrected chi connectivity index (χ4v) is 2.48. The maximum Gasteiger partial charge on any atom is 0.0650 e. The smallest absolute Gasteiger partial charge is 0.0650 e. The van der Waals surface area contributed by atoms with Crippen molar-refractivity contribution in [1.82, 2.24) is 10.2 Å². The van der Waals surface area contributed by atoms with Crippen molar-refractivity contribution in [3.05, 3.63) is 70.3 Å². The Bertz CT molecular complexity index is 736. The van der Waals surface area contributed by atoms with E-state index in [1.54, 1.807) is 6.20 Å². The maximum absolute atomic E-state index is 3.99. The second-order valence-electron chi connectivity index (χ2n) is 4.99. The first-order valence-corrected chi connectivity index (χ1v) is 7.60. The van der Waals surface area contributed by atoms with Crippen molar-refractivity contribution in [3.8, 4) is 11.3 Å². The lowest BCUT2D eigenvalue weighted by Gasteiger charge is -2.09. The van der Waals surface area contributed by atoms with Gasteiger partial charge in [0.25, 0.3) is 0 Å². The molecule has 0 aliphatic rings. The predicted molar refractivity (Wildman–Crippen MR) is 90.2 cm³/mol. The lowest BCUT2D eigenvalue weighted by atomic mass is 10.1. The Morgan fingerprint density at radius 2 is 2.05 bits per heavy atom. The van der Waals surface area contributed by atoms with E-state index in [2.05, 4.69) is 74.8 Å². The molecule has 3 rings (SSSR count). The Balaban J connectivity index is 1.73. The summed E-state index contributed by atoms with van der Waals surface area (Å²) in [5, 5.41) is 10.4. The SMILES string of the molecule is Cc1cc(CNc2cccc(-c3ccn[nH]3)c2)ccc1Br. The van der Waals surface area contributed by atoms with Crippen molar-refractivity contribution in [3.63, 3.8) is 0 Å². The third-order valence-corrected chi connectivity index (χ3v) is 4.28. The van der Waals surface area contributed by atoms with Gasteiger partial charge in [0.1, 0.15) is 0 Å². The van der Waals surface area contributed by atoms with Crippen molar-refractivity contribution in [2.45, 2.75) is 13.5 Å². The zero-order chi connectivity index (χ0) is 14.7. The highest BCUT2D eigenvalue weighted by atomic mass is 79.9. The third-order valence-electron chi connectivity index (χ3n) is 3.39. The number of halogens is 1. The first kappa shape index (κ1) is 13.9. The molecule has 0 unspecified atom stereocenters. The molecule has 0 bridgehead atoms. The van der Waals surface area contributed by atoms with Crippen LogP contribution in [0.1, 0.15) is 11.1 Å². The quantitative estimate of drug-likeness (QED) is 0.718. The number of nitrogens with zero attached hydrogens (tertiary/aromatic N) is 1. The molecule has 3 aromatic rings. The average Bonchev–Trinajstić information content (AvgIpc) is 3.03. The van der Waals surface area contributed by atoms with Crippen molar-refractivity contribution in [2.24, 2.45) is 0 Å². The van der Waals surface area contributed by atoms with E-state index in [1.165, 1.54) is 11.1 Å². The Kier molecular flexibility index (Phi) is 4.06. The molecule has 21 heavy (non-hydrogen) atoms. The Hall–Kier alpha value is -2.07. The van der Waals surface area contributed by atoms with Gasteiger partial charge in [-0.1, -0.05) is 40.2 Å².